The first-order valence-electron chi connectivity index (χ1n) is 10.2. The van der Waals surface area contributed by atoms with Gasteiger partial charge in [0, 0.05) is 36.5 Å². The molecule has 0 radical (unpaired) electrons. The van der Waals surface area contributed by atoms with Crippen molar-refractivity contribution in [1.82, 2.24) is 14.9 Å². The summed E-state index contributed by atoms with van der Waals surface area (Å²) in [5.74, 6) is 0.725. The number of likely N-dealkylation sites (tertiary alicyclic amines) is 1. The molecule has 0 atom stereocenters. The van der Waals surface area contributed by atoms with Gasteiger partial charge in [0.25, 0.3) is 5.91 Å². The fourth-order valence-corrected chi connectivity index (χ4v) is 5.14. The number of carbonyl (C=O) groups is 2. The number of hydrogen-bond acceptors (Lipinski definition) is 5. The molecule has 2 aliphatic rings. The highest BCUT2D eigenvalue weighted by atomic mass is 32.1. The number of piperidine rings is 1. The lowest BCUT2D eigenvalue weighted by Crippen LogP contribution is -2.41. The van der Waals surface area contributed by atoms with Gasteiger partial charge in [-0.15, -0.1) is 11.3 Å². The van der Waals surface area contributed by atoms with E-state index in [2.05, 4.69) is 20.2 Å². The Bertz CT molecular complexity index is 809. The second kappa shape index (κ2) is 8.82. The molecule has 0 unspecified atom stereocenters. The smallest absolute Gasteiger partial charge is 0.275 e. The Morgan fingerprint density at radius 3 is 2.61 bits per heavy atom. The summed E-state index contributed by atoms with van der Waals surface area (Å²) < 4.78 is 0. The summed E-state index contributed by atoms with van der Waals surface area (Å²) >= 11 is 1.54. The van der Waals surface area contributed by atoms with Crippen molar-refractivity contribution < 1.29 is 9.59 Å². The maximum absolute atomic E-state index is 12.7. The van der Waals surface area contributed by atoms with Crippen molar-refractivity contribution in [1.29, 1.82) is 0 Å². The number of amides is 2. The Morgan fingerprint density at radius 2 is 1.89 bits per heavy atom. The SMILES string of the molecule is O=C(Nc1cccnc1)c1csc(C2CCN(C(=O)C3CCCCC3)CC2)n1. The van der Waals surface area contributed by atoms with Gasteiger partial charge in [0.15, 0.2) is 0 Å². The zero-order valence-electron chi connectivity index (χ0n) is 16.0. The molecule has 2 aromatic heterocycles. The topological polar surface area (TPSA) is 75.2 Å². The van der Waals surface area contributed by atoms with E-state index < -0.39 is 0 Å². The molecule has 0 spiro atoms. The third-order valence-corrected chi connectivity index (χ3v) is 6.79. The molecule has 3 heterocycles. The Morgan fingerprint density at radius 1 is 1.11 bits per heavy atom. The minimum atomic E-state index is -0.208. The van der Waals surface area contributed by atoms with Crippen LogP contribution in [0, 0.1) is 5.92 Å². The van der Waals surface area contributed by atoms with E-state index in [9.17, 15) is 9.59 Å². The van der Waals surface area contributed by atoms with Crippen molar-refractivity contribution in [2.24, 2.45) is 5.92 Å². The molecular weight excluding hydrogens is 372 g/mol. The molecule has 1 saturated heterocycles. The van der Waals surface area contributed by atoms with Gasteiger partial charge in [-0.3, -0.25) is 14.6 Å². The number of pyridine rings is 1. The Kier molecular flexibility index (Phi) is 6.00. The highest BCUT2D eigenvalue weighted by Gasteiger charge is 2.30. The van der Waals surface area contributed by atoms with Crippen molar-refractivity contribution in [2.45, 2.75) is 50.9 Å². The van der Waals surface area contributed by atoms with Crippen LogP contribution < -0.4 is 5.32 Å². The Hall–Kier alpha value is -2.28. The van der Waals surface area contributed by atoms with Crippen molar-refractivity contribution >= 4 is 28.8 Å². The van der Waals surface area contributed by atoms with Crippen LogP contribution in [0.3, 0.4) is 0 Å². The Labute approximate surface area is 169 Å². The molecular formula is C21H26N4O2S. The van der Waals surface area contributed by atoms with Gasteiger partial charge in [-0.25, -0.2) is 4.98 Å². The quantitative estimate of drug-likeness (QED) is 0.842. The number of anilines is 1. The van der Waals surface area contributed by atoms with Gasteiger partial charge in [-0.1, -0.05) is 19.3 Å². The van der Waals surface area contributed by atoms with Crippen molar-refractivity contribution in [3.63, 3.8) is 0 Å². The molecule has 4 rings (SSSR count). The predicted octanol–water partition coefficient (Wildman–Crippen LogP) is 4.08. The van der Waals surface area contributed by atoms with E-state index in [0.29, 0.717) is 23.2 Å². The third kappa shape index (κ3) is 4.41. The molecule has 2 aromatic rings. The maximum Gasteiger partial charge on any atom is 0.275 e. The van der Waals surface area contributed by atoms with Crippen LogP contribution in [0.5, 0.6) is 0 Å². The van der Waals surface area contributed by atoms with Crippen LogP contribution in [-0.4, -0.2) is 39.8 Å². The summed E-state index contributed by atoms with van der Waals surface area (Å²) in [6.45, 7) is 1.60. The number of nitrogens with one attached hydrogen (secondary N) is 1. The van der Waals surface area contributed by atoms with E-state index in [1.807, 2.05) is 5.38 Å². The van der Waals surface area contributed by atoms with Gasteiger partial charge < -0.3 is 10.2 Å². The third-order valence-electron chi connectivity index (χ3n) is 5.78. The highest BCUT2D eigenvalue weighted by Crippen LogP contribution is 2.32. The first-order chi connectivity index (χ1) is 13.7. The van der Waals surface area contributed by atoms with Crippen LogP contribution in [0.15, 0.2) is 29.9 Å². The summed E-state index contributed by atoms with van der Waals surface area (Å²) in [6, 6.07) is 3.59. The van der Waals surface area contributed by atoms with Gasteiger partial charge in [0.2, 0.25) is 5.91 Å². The van der Waals surface area contributed by atoms with Crippen molar-refractivity contribution in [3.8, 4) is 0 Å². The van der Waals surface area contributed by atoms with Crippen molar-refractivity contribution in [2.75, 3.05) is 18.4 Å². The monoisotopic (exact) mass is 398 g/mol. The molecule has 1 N–H and O–H groups in total. The van der Waals surface area contributed by atoms with Gasteiger partial charge in [-0.2, -0.15) is 0 Å². The zero-order chi connectivity index (χ0) is 19.3. The number of thiazole rings is 1. The number of aromatic nitrogens is 2. The Balaban J connectivity index is 1.31. The largest absolute Gasteiger partial charge is 0.342 e. The van der Waals surface area contributed by atoms with E-state index in [4.69, 9.17) is 0 Å². The second-order valence-electron chi connectivity index (χ2n) is 7.70. The second-order valence-corrected chi connectivity index (χ2v) is 8.59. The summed E-state index contributed by atoms with van der Waals surface area (Å²) in [6.07, 6.45) is 10.9. The molecule has 1 aliphatic heterocycles. The average Bonchev–Trinajstić information content (AvgIpc) is 3.25. The van der Waals surface area contributed by atoms with Gasteiger partial charge in [0.05, 0.1) is 16.9 Å². The first-order valence-corrected chi connectivity index (χ1v) is 11.0. The number of rotatable bonds is 4. The van der Waals surface area contributed by atoms with E-state index >= 15 is 0 Å². The van der Waals surface area contributed by atoms with E-state index in [1.165, 1.54) is 19.3 Å². The van der Waals surface area contributed by atoms with Crippen LogP contribution in [0.25, 0.3) is 0 Å². The molecule has 28 heavy (non-hydrogen) atoms. The van der Waals surface area contributed by atoms with Crippen LogP contribution in [-0.2, 0) is 4.79 Å². The zero-order valence-corrected chi connectivity index (χ0v) is 16.8. The molecule has 1 aliphatic carbocycles. The predicted molar refractivity (Wildman–Crippen MR) is 109 cm³/mol. The number of hydrogen-bond donors (Lipinski definition) is 1. The van der Waals surface area contributed by atoms with Gasteiger partial charge >= 0.3 is 0 Å². The first kappa shape index (κ1) is 19.1. The standard InChI is InChI=1S/C21H26N4O2S/c26-19(23-17-7-4-10-22-13-17)18-14-28-20(24-18)15-8-11-25(12-9-15)21(27)16-5-2-1-3-6-16/h4,7,10,13-16H,1-3,5-6,8-9,11-12H2,(H,23,26). The van der Waals surface area contributed by atoms with E-state index in [-0.39, 0.29) is 11.8 Å². The summed E-state index contributed by atoms with van der Waals surface area (Å²) in [7, 11) is 0. The van der Waals surface area contributed by atoms with Gasteiger partial charge in [0.1, 0.15) is 5.69 Å². The van der Waals surface area contributed by atoms with E-state index in [1.54, 1.807) is 35.9 Å². The summed E-state index contributed by atoms with van der Waals surface area (Å²) in [5, 5.41) is 5.64. The lowest BCUT2D eigenvalue weighted by Gasteiger charge is -2.34. The van der Waals surface area contributed by atoms with Crippen LogP contribution >= 0.6 is 11.3 Å². The van der Waals surface area contributed by atoms with Crippen LogP contribution in [0.4, 0.5) is 5.69 Å². The lowest BCUT2D eigenvalue weighted by molar-refractivity contribution is -0.137. The fourth-order valence-electron chi connectivity index (χ4n) is 4.17. The molecule has 0 bridgehead atoms. The van der Waals surface area contributed by atoms with E-state index in [0.717, 1.165) is 43.8 Å². The average molecular weight is 399 g/mol. The maximum atomic E-state index is 12.7. The normalized spacial score (nSPS) is 18.8. The molecule has 6 nitrogen and oxygen atoms in total. The molecule has 0 aromatic carbocycles. The minimum Gasteiger partial charge on any atom is -0.342 e. The fraction of sp³-hybridized carbons (Fsp3) is 0.524. The number of nitrogens with zero attached hydrogens (tertiary/aromatic N) is 3. The van der Waals surface area contributed by atoms with Gasteiger partial charge in [-0.05, 0) is 37.8 Å². The molecule has 2 fully saturated rings. The highest BCUT2D eigenvalue weighted by molar-refractivity contribution is 7.10. The molecule has 7 heteroatoms. The van der Waals surface area contributed by atoms with Crippen LogP contribution in [0.2, 0.25) is 0 Å². The molecule has 148 valence electrons. The molecule has 2 amide bonds. The van der Waals surface area contributed by atoms with Crippen molar-refractivity contribution in [3.05, 3.63) is 40.6 Å². The van der Waals surface area contributed by atoms with Crippen LogP contribution in [0.1, 0.15) is 66.4 Å². The molecule has 1 saturated carbocycles. The lowest BCUT2D eigenvalue weighted by atomic mass is 9.87. The number of carbonyl (C=O) groups excluding carboxylic acids is 2. The summed E-state index contributed by atoms with van der Waals surface area (Å²) in [4.78, 5) is 35.7. The minimum absolute atomic E-state index is 0.208. The summed E-state index contributed by atoms with van der Waals surface area (Å²) in [5.41, 5.74) is 1.11.